The molecule has 1 heterocycles. The highest BCUT2D eigenvalue weighted by atomic mass is 32.1. The number of carbonyl (C=O) groups is 1. The molecule has 0 atom stereocenters. The Bertz CT molecular complexity index is 502. The van der Waals surface area contributed by atoms with Crippen molar-refractivity contribution in [3.63, 3.8) is 0 Å². The van der Waals surface area contributed by atoms with Gasteiger partial charge in [-0.15, -0.1) is 0 Å². The molecule has 1 aromatic heterocycles. The number of hydrogen-bond donors (Lipinski definition) is 2. The quantitative estimate of drug-likeness (QED) is 0.784. The molecule has 1 rings (SSSR count). The lowest BCUT2D eigenvalue weighted by atomic mass is 10.1. The van der Waals surface area contributed by atoms with Crippen LogP contribution in [0.1, 0.15) is 23.9 Å². The third-order valence-corrected chi connectivity index (χ3v) is 2.92. The molecule has 0 aliphatic carbocycles. The molecule has 1 amide bonds. The van der Waals surface area contributed by atoms with Crippen molar-refractivity contribution in [2.75, 3.05) is 25.0 Å². The van der Waals surface area contributed by atoms with Gasteiger partial charge in [-0.3, -0.25) is 9.78 Å². The fourth-order valence-corrected chi connectivity index (χ4v) is 2.22. The molecule has 5 nitrogen and oxygen atoms in total. The number of amides is 1. The summed E-state index contributed by atoms with van der Waals surface area (Å²) in [4.78, 5) is 18.1. The number of pyridine rings is 1. The molecule has 0 aliphatic heterocycles. The van der Waals surface area contributed by atoms with Crippen LogP contribution in [0.4, 0.5) is 5.69 Å². The minimum absolute atomic E-state index is 0.0361. The average Bonchev–Trinajstić information content (AvgIpc) is 2.27. The molecule has 0 saturated carbocycles. The number of anilines is 1. The number of aryl methyl sites for hydroxylation is 2. The third-order valence-electron chi connectivity index (χ3n) is 2.72. The predicted octanol–water partition coefficient (Wildman–Crippen LogP) is 0.905. The van der Waals surface area contributed by atoms with Crippen molar-refractivity contribution in [2.45, 2.75) is 20.8 Å². The van der Waals surface area contributed by atoms with Gasteiger partial charge in [0.25, 0.3) is 0 Å². The van der Waals surface area contributed by atoms with Crippen molar-refractivity contribution in [1.82, 2.24) is 10.3 Å². The summed E-state index contributed by atoms with van der Waals surface area (Å²) in [6, 6.07) is 1.89. The van der Waals surface area contributed by atoms with E-state index in [0.717, 1.165) is 22.6 Å². The molecular formula is C13H20N4OS. The maximum atomic E-state index is 11.6. The fraction of sp³-hybridized carbons (Fsp3) is 0.462. The van der Waals surface area contributed by atoms with E-state index >= 15 is 0 Å². The molecule has 104 valence electrons. The largest absolute Gasteiger partial charge is 0.389 e. The van der Waals surface area contributed by atoms with Crippen LogP contribution in [-0.2, 0) is 4.79 Å². The predicted molar refractivity (Wildman–Crippen MR) is 81.6 cm³/mol. The van der Waals surface area contributed by atoms with E-state index in [1.807, 2.05) is 38.8 Å². The van der Waals surface area contributed by atoms with Gasteiger partial charge in [0.1, 0.15) is 4.99 Å². The van der Waals surface area contributed by atoms with Gasteiger partial charge in [-0.2, -0.15) is 0 Å². The van der Waals surface area contributed by atoms with Gasteiger partial charge >= 0.3 is 0 Å². The molecular weight excluding hydrogens is 260 g/mol. The Labute approximate surface area is 119 Å². The number of likely N-dealkylation sites (N-methyl/N-ethyl adjacent to an activating group) is 2. The number of aromatic nitrogens is 1. The van der Waals surface area contributed by atoms with E-state index < -0.39 is 0 Å². The van der Waals surface area contributed by atoms with Crippen LogP contribution in [-0.4, -0.2) is 36.0 Å². The zero-order valence-electron chi connectivity index (χ0n) is 11.8. The zero-order chi connectivity index (χ0) is 14.6. The van der Waals surface area contributed by atoms with E-state index in [2.05, 4.69) is 10.3 Å². The second-order valence-corrected chi connectivity index (χ2v) is 4.86. The van der Waals surface area contributed by atoms with Gasteiger partial charge in [0.15, 0.2) is 0 Å². The molecule has 0 radical (unpaired) electrons. The molecule has 6 heteroatoms. The van der Waals surface area contributed by atoms with Gasteiger partial charge < -0.3 is 16.0 Å². The third kappa shape index (κ3) is 3.89. The van der Waals surface area contributed by atoms with Crippen LogP contribution < -0.4 is 16.0 Å². The number of nitrogens with one attached hydrogen (secondary N) is 1. The monoisotopic (exact) mass is 280 g/mol. The van der Waals surface area contributed by atoms with Crippen molar-refractivity contribution in [3.8, 4) is 0 Å². The van der Waals surface area contributed by atoms with Gasteiger partial charge in [-0.1, -0.05) is 12.2 Å². The molecule has 19 heavy (non-hydrogen) atoms. The zero-order valence-corrected chi connectivity index (χ0v) is 12.6. The summed E-state index contributed by atoms with van der Waals surface area (Å²) in [6.07, 6.45) is 0. The van der Waals surface area contributed by atoms with Crippen LogP contribution in [0.15, 0.2) is 6.07 Å². The van der Waals surface area contributed by atoms with Gasteiger partial charge in [-0.25, -0.2) is 0 Å². The number of hydrogen-bond acceptors (Lipinski definition) is 4. The summed E-state index contributed by atoms with van der Waals surface area (Å²) in [5.41, 5.74) is 8.98. The van der Waals surface area contributed by atoms with Crippen LogP contribution in [0.25, 0.3) is 0 Å². The molecule has 1 aromatic rings. The van der Waals surface area contributed by atoms with E-state index in [1.54, 1.807) is 0 Å². The number of rotatable bonds is 5. The second-order valence-electron chi connectivity index (χ2n) is 4.42. The van der Waals surface area contributed by atoms with Crippen LogP contribution in [0.2, 0.25) is 0 Å². The summed E-state index contributed by atoms with van der Waals surface area (Å²) in [5, 5.41) is 2.76. The Morgan fingerprint density at radius 1 is 1.53 bits per heavy atom. The second kappa shape index (κ2) is 6.47. The summed E-state index contributed by atoms with van der Waals surface area (Å²) in [6.45, 7) is 6.53. The van der Waals surface area contributed by atoms with Crippen LogP contribution in [0.3, 0.4) is 0 Å². The summed E-state index contributed by atoms with van der Waals surface area (Å²) in [5.74, 6) is -0.0361. The van der Waals surface area contributed by atoms with Gasteiger partial charge in [0, 0.05) is 25.0 Å². The smallest absolute Gasteiger partial charge is 0.239 e. The molecule has 0 bridgehead atoms. The molecule has 0 spiro atoms. The van der Waals surface area contributed by atoms with E-state index in [4.69, 9.17) is 18.0 Å². The Kier molecular flexibility index (Phi) is 5.23. The van der Waals surface area contributed by atoms with Crippen molar-refractivity contribution < 1.29 is 4.79 Å². The number of nitrogens with zero attached hydrogens (tertiary/aromatic N) is 2. The van der Waals surface area contributed by atoms with Crippen molar-refractivity contribution in [3.05, 3.63) is 23.0 Å². The minimum Gasteiger partial charge on any atom is -0.389 e. The summed E-state index contributed by atoms with van der Waals surface area (Å²) >= 11 is 5.07. The maximum Gasteiger partial charge on any atom is 0.239 e. The fourth-order valence-electron chi connectivity index (χ4n) is 1.97. The lowest BCUT2D eigenvalue weighted by molar-refractivity contribution is -0.119. The first-order valence-corrected chi connectivity index (χ1v) is 6.53. The Balaban J connectivity index is 3.11. The Hall–Kier alpha value is -1.69. The summed E-state index contributed by atoms with van der Waals surface area (Å²) < 4.78 is 0. The van der Waals surface area contributed by atoms with Crippen LogP contribution in [0, 0.1) is 13.8 Å². The van der Waals surface area contributed by atoms with E-state index in [1.165, 1.54) is 0 Å². The molecule has 0 aliphatic rings. The molecule has 0 unspecified atom stereocenters. The van der Waals surface area contributed by atoms with Gasteiger partial charge in [0.2, 0.25) is 5.91 Å². The number of carbonyl (C=O) groups excluding carboxylic acids is 1. The van der Waals surface area contributed by atoms with Crippen molar-refractivity contribution in [2.24, 2.45) is 5.73 Å². The lowest BCUT2D eigenvalue weighted by Gasteiger charge is -2.23. The molecule has 0 aromatic carbocycles. The molecule has 3 N–H and O–H groups in total. The first kappa shape index (κ1) is 15.4. The highest BCUT2D eigenvalue weighted by molar-refractivity contribution is 7.80. The number of nitrogens with two attached hydrogens (primary N) is 1. The summed E-state index contributed by atoms with van der Waals surface area (Å²) in [7, 11) is 1.84. The highest BCUT2D eigenvalue weighted by Gasteiger charge is 2.16. The normalized spacial score (nSPS) is 10.1. The maximum absolute atomic E-state index is 11.6. The Morgan fingerprint density at radius 2 is 2.16 bits per heavy atom. The van der Waals surface area contributed by atoms with Crippen molar-refractivity contribution in [1.29, 1.82) is 0 Å². The van der Waals surface area contributed by atoms with E-state index in [9.17, 15) is 4.79 Å². The standard InChI is InChI=1S/C13H20N4OS/c1-5-15-11(18)7-17(4)10-6-8(2)16-9(3)12(10)13(14)19/h6H,5,7H2,1-4H3,(H2,14,19)(H,15,18). The highest BCUT2D eigenvalue weighted by Crippen LogP contribution is 2.22. The van der Waals surface area contributed by atoms with E-state index in [0.29, 0.717) is 11.5 Å². The number of thiocarbonyl (C=S) groups is 1. The van der Waals surface area contributed by atoms with Crippen LogP contribution in [0.5, 0.6) is 0 Å². The minimum atomic E-state index is -0.0361. The lowest BCUT2D eigenvalue weighted by Crippen LogP contribution is -2.36. The van der Waals surface area contributed by atoms with E-state index in [-0.39, 0.29) is 12.5 Å². The van der Waals surface area contributed by atoms with Gasteiger partial charge in [0.05, 0.1) is 17.8 Å². The van der Waals surface area contributed by atoms with Crippen molar-refractivity contribution >= 4 is 28.8 Å². The molecule has 0 saturated heterocycles. The topological polar surface area (TPSA) is 71.2 Å². The molecule has 0 fully saturated rings. The first-order valence-electron chi connectivity index (χ1n) is 6.12. The average molecular weight is 280 g/mol. The van der Waals surface area contributed by atoms with Crippen LogP contribution >= 0.6 is 12.2 Å². The Morgan fingerprint density at radius 3 is 2.68 bits per heavy atom. The van der Waals surface area contributed by atoms with Gasteiger partial charge in [-0.05, 0) is 26.8 Å². The first-order chi connectivity index (χ1) is 8.86. The SMILES string of the molecule is CCNC(=O)CN(C)c1cc(C)nc(C)c1C(N)=S.